The lowest BCUT2D eigenvalue weighted by molar-refractivity contribution is -0.169. The molecular weight excluding hydrogens is 373 g/mol. The molecule has 2 aliphatic heterocycles. The molecule has 2 aromatic rings. The number of amides is 1. The number of carbonyl (C=O) groups is 1. The minimum atomic E-state index is -0.534. The van der Waals surface area contributed by atoms with Gasteiger partial charge < -0.3 is 19.7 Å². The molecule has 142 valence electrons. The van der Waals surface area contributed by atoms with Crippen LogP contribution in [0.4, 0.5) is 15.8 Å². The molecule has 8 heteroatoms. The van der Waals surface area contributed by atoms with Gasteiger partial charge in [-0.25, -0.2) is 4.39 Å². The van der Waals surface area contributed by atoms with Crippen molar-refractivity contribution in [3.8, 4) is 0 Å². The first-order valence-electron chi connectivity index (χ1n) is 8.80. The van der Waals surface area contributed by atoms with Crippen LogP contribution in [0.3, 0.4) is 0 Å². The average molecular weight is 392 g/mol. The molecule has 4 rings (SSSR count). The van der Waals surface area contributed by atoms with Crippen molar-refractivity contribution in [2.75, 3.05) is 36.5 Å². The fourth-order valence-corrected chi connectivity index (χ4v) is 3.58. The standard InChI is InChI=1S/C19H19ClFN3O3/c20-15-11-13(1-2-16(15)21)23-18(25)17-12-14(3-6-22-17)24-7-4-19(5-8-24)26-9-10-27-19/h1-3,6,11-12H,4-5,7-10H2,(H,23,25). The van der Waals surface area contributed by atoms with Gasteiger partial charge in [0.25, 0.3) is 5.91 Å². The van der Waals surface area contributed by atoms with Crippen molar-refractivity contribution in [1.82, 2.24) is 4.98 Å². The van der Waals surface area contributed by atoms with Crippen LogP contribution in [0.2, 0.25) is 5.02 Å². The highest BCUT2D eigenvalue weighted by molar-refractivity contribution is 6.31. The van der Waals surface area contributed by atoms with E-state index in [-0.39, 0.29) is 16.6 Å². The summed E-state index contributed by atoms with van der Waals surface area (Å²) in [4.78, 5) is 18.8. The first-order valence-corrected chi connectivity index (χ1v) is 9.18. The van der Waals surface area contributed by atoms with E-state index in [0.717, 1.165) is 31.6 Å². The lowest BCUT2D eigenvalue weighted by Crippen LogP contribution is -2.45. The van der Waals surface area contributed by atoms with E-state index in [0.29, 0.717) is 18.9 Å². The Morgan fingerprint density at radius 2 is 1.93 bits per heavy atom. The molecule has 0 unspecified atom stereocenters. The smallest absolute Gasteiger partial charge is 0.274 e. The molecule has 1 aromatic heterocycles. The Kier molecular flexibility index (Phi) is 4.99. The van der Waals surface area contributed by atoms with Crippen molar-refractivity contribution in [3.63, 3.8) is 0 Å². The average Bonchev–Trinajstić information content (AvgIpc) is 3.13. The van der Waals surface area contributed by atoms with Crippen molar-refractivity contribution in [1.29, 1.82) is 0 Å². The Morgan fingerprint density at radius 3 is 2.63 bits per heavy atom. The van der Waals surface area contributed by atoms with Gasteiger partial charge in [0, 0.05) is 43.5 Å². The highest BCUT2D eigenvalue weighted by atomic mass is 35.5. The van der Waals surface area contributed by atoms with Gasteiger partial charge in [0.15, 0.2) is 5.79 Å². The highest BCUT2D eigenvalue weighted by Crippen LogP contribution is 2.33. The van der Waals surface area contributed by atoms with Crippen molar-refractivity contribution in [2.45, 2.75) is 18.6 Å². The Bertz CT molecular complexity index is 848. The molecule has 1 spiro atoms. The summed E-state index contributed by atoms with van der Waals surface area (Å²) in [6.07, 6.45) is 3.17. The number of aromatic nitrogens is 1. The van der Waals surface area contributed by atoms with E-state index in [1.165, 1.54) is 18.2 Å². The van der Waals surface area contributed by atoms with Crippen LogP contribution in [-0.2, 0) is 9.47 Å². The predicted molar refractivity (Wildman–Crippen MR) is 99.7 cm³/mol. The molecule has 2 fully saturated rings. The van der Waals surface area contributed by atoms with Gasteiger partial charge in [-0.15, -0.1) is 0 Å². The number of halogens is 2. The van der Waals surface area contributed by atoms with Crippen molar-refractivity contribution >= 4 is 28.9 Å². The molecule has 3 heterocycles. The van der Waals surface area contributed by atoms with E-state index < -0.39 is 11.6 Å². The lowest BCUT2D eigenvalue weighted by atomic mass is 10.0. The second-order valence-electron chi connectivity index (χ2n) is 6.58. The van der Waals surface area contributed by atoms with Crippen LogP contribution in [0.25, 0.3) is 0 Å². The van der Waals surface area contributed by atoms with Crippen molar-refractivity contribution in [3.05, 3.63) is 53.1 Å². The Morgan fingerprint density at radius 1 is 1.19 bits per heavy atom. The van der Waals surface area contributed by atoms with E-state index in [1.54, 1.807) is 12.3 Å². The van der Waals surface area contributed by atoms with Crippen LogP contribution in [0.15, 0.2) is 36.5 Å². The Balaban J connectivity index is 1.44. The zero-order valence-corrected chi connectivity index (χ0v) is 15.3. The number of hydrogen-bond acceptors (Lipinski definition) is 5. The summed E-state index contributed by atoms with van der Waals surface area (Å²) in [7, 11) is 0. The second kappa shape index (κ2) is 7.42. The maximum Gasteiger partial charge on any atom is 0.274 e. The summed E-state index contributed by atoms with van der Waals surface area (Å²) in [6.45, 7) is 2.84. The molecule has 2 saturated heterocycles. The summed E-state index contributed by atoms with van der Waals surface area (Å²) in [5.74, 6) is -1.35. The van der Waals surface area contributed by atoms with Crippen molar-refractivity contribution in [2.24, 2.45) is 0 Å². The van der Waals surface area contributed by atoms with Gasteiger partial charge in [-0.05, 0) is 30.3 Å². The zero-order chi connectivity index (χ0) is 18.9. The largest absolute Gasteiger partial charge is 0.371 e. The number of piperidine rings is 1. The highest BCUT2D eigenvalue weighted by Gasteiger charge is 2.39. The minimum absolute atomic E-state index is 0.0480. The molecule has 0 atom stereocenters. The molecule has 0 bridgehead atoms. The van der Waals surface area contributed by atoms with Crippen LogP contribution in [0, 0.1) is 5.82 Å². The third-order valence-electron chi connectivity index (χ3n) is 4.86. The number of nitrogens with one attached hydrogen (secondary N) is 1. The van der Waals surface area contributed by atoms with Gasteiger partial charge in [-0.1, -0.05) is 11.6 Å². The van der Waals surface area contributed by atoms with Crippen LogP contribution >= 0.6 is 11.6 Å². The van der Waals surface area contributed by atoms with Crippen molar-refractivity contribution < 1.29 is 18.7 Å². The maximum atomic E-state index is 13.2. The number of pyridine rings is 1. The molecule has 27 heavy (non-hydrogen) atoms. The van der Waals surface area contributed by atoms with Crippen LogP contribution in [0.1, 0.15) is 23.3 Å². The first-order chi connectivity index (χ1) is 13.0. The van der Waals surface area contributed by atoms with E-state index in [1.807, 2.05) is 6.07 Å². The summed E-state index contributed by atoms with van der Waals surface area (Å²) in [6, 6.07) is 7.65. The van der Waals surface area contributed by atoms with E-state index in [9.17, 15) is 9.18 Å². The third kappa shape index (κ3) is 3.90. The number of rotatable bonds is 3. The Labute approximate surface area is 161 Å². The van der Waals surface area contributed by atoms with Gasteiger partial charge in [-0.3, -0.25) is 9.78 Å². The molecule has 1 amide bonds. The SMILES string of the molecule is O=C(Nc1ccc(F)c(Cl)c1)c1cc(N2CCC3(CC2)OCCO3)ccn1. The molecule has 6 nitrogen and oxygen atoms in total. The maximum absolute atomic E-state index is 13.2. The van der Waals surface area contributed by atoms with Crippen LogP contribution < -0.4 is 10.2 Å². The monoisotopic (exact) mass is 391 g/mol. The van der Waals surface area contributed by atoms with E-state index in [4.69, 9.17) is 21.1 Å². The summed E-state index contributed by atoms with van der Waals surface area (Å²) >= 11 is 5.75. The van der Waals surface area contributed by atoms with Gasteiger partial charge in [0.1, 0.15) is 11.5 Å². The molecule has 0 saturated carbocycles. The summed E-state index contributed by atoms with van der Waals surface area (Å²) in [5.41, 5.74) is 1.61. The van der Waals surface area contributed by atoms with E-state index >= 15 is 0 Å². The van der Waals surface area contributed by atoms with Gasteiger partial charge in [0.2, 0.25) is 0 Å². The zero-order valence-electron chi connectivity index (χ0n) is 14.6. The van der Waals surface area contributed by atoms with Gasteiger partial charge in [-0.2, -0.15) is 0 Å². The predicted octanol–water partition coefficient (Wildman–Crippen LogP) is 3.47. The normalized spacial score (nSPS) is 18.7. The van der Waals surface area contributed by atoms with E-state index in [2.05, 4.69) is 15.2 Å². The number of benzene rings is 1. The summed E-state index contributed by atoms with van der Waals surface area (Å²) < 4.78 is 24.7. The topological polar surface area (TPSA) is 63.7 Å². The number of carbonyl (C=O) groups excluding carboxylic acids is 1. The summed E-state index contributed by atoms with van der Waals surface area (Å²) in [5, 5.41) is 2.64. The molecule has 0 aliphatic carbocycles. The first kappa shape index (κ1) is 18.2. The molecule has 1 N–H and O–H groups in total. The molecule has 0 radical (unpaired) electrons. The molecule has 1 aromatic carbocycles. The Hall–Kier alpha value is -2.22. The van der Waals surface area contributed by atoms with Crippen LogP contribution in [-0.4, -0.2) is 43.0 Å². The van der Waals surface area contributed by atoms with Crippen LogP contribution in [0.5, 0.6) is 0 Å². The lowest BCUT2D eigenvalue weighted by Gasteiger charge is -2.38. The second-order valence-corrected chi connectivity index (χ2v) is 6.98. The molecular formula is C19H19ClFN3O3. The number of hydrogen-bond donors (Lipinski definition) is 1. The fraction of sp³-hybridized carbons (Fsp3) is 0.368. The van der Waals surface area contributed by atoms with Gasteiger partial charge >= 0.3 is 0 Å². The van der Waals surface area contributed by atoms with Gasteiger partial charge in [0.05, 0.1) is 18.2 Å². The molecule has 2 aliphatic rings. The number of nitrogens with zero attached hydrogens (tertiary/aromatic N) is 2. The minimum Gasteiger partial charge on any atom is -0.371 e. The number of ether oxygens (including phenoxy) is 2. The number of anilines is 2. The quantitative estimate of drug-likeness (QED) is 0.868. The fourth-order valence-electron chi connectivity index (χ4n) is 3.40. The third-order valence-corrected chi connectivity index (χ3v) is 5.15.